The van der Waals surface area contributed by atoms with Crippen molar-refractivity contribution >= 4 is 20.3 Å². The second-order valence-corrected chi connectivity index (χ2v) is 12.9. The number of methoxy groups -OCH3 is 2. The molecule has 0 spiro atoms. The molecule has 0 aromatic heterocycles. The summed E-state index contributed by atoms with van der Waals surface area (Å²) in [5.74, 6) is 4.96. The van der Waals surface area contributed by atoms with Gasteiger partial charge in [0.15, 0.2) is 13.7 Å². The van der Waals surface area contributed by atoms with Gasteiger partial charge in [-0.05, 0) is 31.5 Å². The first kappa shape index (κ1) is 20.7. The third-order valence-corrected chi connectivity index (χ3v) is 9.90. The van der Waals surface area contributed by atoms with Gasteiger partial charge in [-0.15, -0.1) is 5.92 Å². The van der Waals surface area contributed by atoms with Crippen LogP contribution in [0.2, 0.25) is 18.1 Å². The zero-order valence-corrected chi connectivity index (χ0v) is 17.2. The lowest BCUT2D eigenvalue weighted by Gasteiger charge is -2.35. The third kappa shape index (κ3) is 3.67. The van der Waals surface area contributed by atoms with Crippen LogP contribution in [0.1, 0.15) is 40.5 Å². The van der Waals surface area contributed by atoms with Crippen LogP contribution in [0.4, 0.5) is 0 Å². The van der Waals surface area contributed by atoms with Crippen LogP contribution in [0.3, 0.4) is 0 Å². The molecule has 0 heterocycles. The Labute approximate surface area is 146 Å². The molecular formula is C18H30O5Si. The van der Waals surface area contributed by atoms with E-state index in [9.17, 15) is 9.59 Å². The number of ether oxygens (including phenoxy) is 2. The summed E-state index contributed by atoms with van der Waals surface area (Å²) < 4.78 is 15.6. The second kappa shape index (κ2) is 6.89. The molecule has 0 amide bonds. The largest absolute Gasteiger partial charge is 0.468 e. The Morgan fingerprint density at radius 1 is 1.12 bits per heavy atom. The molecule has 136 valence electrons. The highest BCUT2D eigenvalue weighted by Crippen LogP contribution is 2.64. The summed E-state index contributed by atoms with van der Waals surface area (Å²) in [5.41, 5.74) is -2.02. The Morgan fingerprint density at radius 3 is 2.04 bits per heavy atom. The Balaban J connectivity index is 2.70. The molecule has 1 rings (SSSR count). The predicted molar refractivity (Wildman–Crippen MR) is 94.7 cm³/mol. The van der Waals surface area contributed by atoms with Gasteiger partial charge in [0, 0.05) is 13.0 Å². The zero-order valence-electron chi connectivity index (χ0n) is 16.2. The lowest BCUT2D eigenvalue weighted by Crippen LogP contribution is -2.40. The molecule has 1 aliphatic rings. The summed E-state index contributed by atoms with van der Waals surface area (Å²) in [7, 11) is 0.763. The molecule has 24 heavy (non-hydrogen) atoms. The molecule has 0 saturated heterocycles. The van der Waals surface area contributed by atoms with Crippen molar-refractivity contribution in [3.05, 3.63) is 0 Å². The smallest absolute Gasteiger partial charge is 0.324 e. The summed E-state index contributed by atoms with van der Waals surface area (Å²) in [6, 6.07) is 0. The van der Waals surface area contributed by atoms with Crippen LogP contribution in [0.15, 0.2) is 0 Å². The number of hydrogen-bond acceptors (Lipinski definition) is 5. The summed E-state index contributed by atoms with van der Waals surface area (Å²) in [6.45, 7) is 13.3. The Kier molecular flexibility index (Phi) is 5.95. The number of hydrogen-bond donors (Lipinski definition) is 0. The van der Waals surface area contributed by atoms with E-state index in [0.717, 1.165) is 0 Å². The van der Waals surface area contributed by atoms with Gasteiger partial charge in [0.1, 0.15) is 0 Å². The van der Waals surface area contributed by atoms with Gasteiger partial charge >= 0.3 is 11.9 Å². The summed E-state index contributed by atoms with van der Waals surface area (Å²) >= 11 is 0. The van der Waals surface area contributed by atoms with Gasteiger partial charge in [0.25, 0.3) is 0 Å². The van der Waals surface area contributed by atoms with Crippen LogP contribution < -0.4 is 0 Å². The molecule has 1 fully saturated rings. The van der Waals surface area contributed by atoms with E-state index in [4.69, 9.17) is 13.9 Å². The standard InChI is InChI=1S/C18H30O5Si/c1-16(2,3)24(7,8)23-12-10-9-11-17(4)13-18(17,14(19)21-5)15(20)22-6/h10,12-13H2,1-8H3. The predicted octanol–water partition coefficient (Wildman–Crippen LogP) is 3.14. The SMILES string of the molecule is COC(=O)C1(C(=O)OC)CC1(C)C#CCCO[Si](C)(C)C(C)(C)C. The van der Waals surface area contributed by atoms with Crippen molar-refractivity contribution in [1.82, 2.24) is 0 Å². The highest BCUT2D eigenvalue weighted by Gasteiger charge is 2.76. The van der Waals surface area contributed by atoms with E-state index < -0.39 is 31.1 Å². The lowest BCUT2D eigenvalue weighted by atomic mass is 9.94. The fourth-order valence-electron chi connectivity index (χ4n) is 2.49. The molecule has 6 heteroatoms. The maximum Gasteiger partial charge on any atom is 0.324 e. The van der Waals surface area contributed by atoms with Crippen molar-refractivity contribution in [3.63, 3.8) is 0 Å². The fourth-order valence-corrected chi connectivity index (χ4v) is 3.54. The Bertz CT molecular complexity index is 548. The topological polar surface area (TPSA) is 61.8 Å². The highest BCUT2D eigenvalue weighted by molar-refractivity contribution is 6.74. The molecule has 1 aliphatic carbocycles. The van der Waals surface area contributed by atoms with Gasteiger partial charge in [-0.1, -0.05) is 26.7 Å². The van der Waals surface area contributed by atoms with E-state index in [1.54, 1.807) is 6.92 Å². The Hall–Kier alpha value is -1.32. The average Bonchev–Trinajstić information content (AvgIpc) is 3.11. The minimum atomic E-state index is -1.78. The van der Waals surface area contributed by atoms with Crippen molar-refractivity contribution in [1.29, 1.82) is 0 Å². The first-order chi connectivity index (χ1) is 10.9. The monoisotopic (exact) mass is 354 g/mol. The number of esters is 2. The average molecular weight is 355 g/mol. The normalized spacial score (nSPS) is 22.2. The highest BCUT2D eigenvalue weighted by atomic mass is 28.4. The third-order valence-electron chi connectivity index (χ3n) is 5.36. The summed E-state index contributed by atoms with van der Waals surface area (Å²) in [4.78, 5) is 24.1. The van der Waals surface area contributed by atoms with E-state index in [0.29, 0.717) is 19.4 Å². The van der Waals surface area contributed by atoms with Gasteiger partial charge in [0.2, 0.25) is 0 Å². The number of carbonyl (C=O) groups excluding carboxylic acids is 2. The lowest BCUT2D eigenvalue weighted by molar-refractivity contribution is -0.162. The van der Waals surface area contributed by atoms with Crippen molar-refractivity contribution in [2.45, 2.75) is 58.7 Å². The van der Waals surface area contributed by atoms with Crippen LogP contribution in [-0.2, 0) is 23.5 Å². The number of rotatable bonds is 5. The van der Waals surface area contributed by atoms with Gasteiger partial charge in [-0.3, -0.25) is 9.59 Å². The van der Waals surface area contributed by atoms with Crippen molar-refractivity contribution < 1.29 is 23.5 Å². The zero-order chi connectivity index (χ0) is 18.8. The van der Waals surface area contributed by atoms with Crippen molar-refractivity contribution in [2.24, 2.45) is 10.8 Å². The van der Waals surface area contributed by atoms with E-state index in [-0.39, 0.29) is 5.04 Å². The molecule has 0 radical (unpaired) electrons. The fraction of sp³-hybridized carbons (Fsp3) is 0.778. The van der Waals surface area contributed by atoms with Crippen molar-refractivity contribution in [2.75, 3.05) is 20.8 Å². The van der Waals surface area contributed by atoms with Gasteiger partial charge < -0.3 is 13.9 Å². The van der Waals surface area contributed by atoms with Gasteiger partial charge in [-0.25, -0.2) is 0 Å². The summed E-state index contributed by atoms with van der Waals surface area (Å²) in [5, 5.41) is 0.161. The molecule has 0 aromatic carbocycles. The van der Waals surface area contributed by atoms with E-state index in [1.807, 2.05) is 0 Å². The molecule has 1 saturated carbocycles. The molecule has 0 aliphatic heterocycles. The molecule has 0 N–H and O–H groups in total. The molecule has 1 unspecified atom stereocenters. The van der Waals surface area contributed by atoms with Gasteiger partial charge in [-0.2, -0.15) is 0 Å². The minimum Gasteiger partial charge on any atom is -0.468 e. The minimum absolute atomic E-state index is 0.161. The first-order valence-corrected chi connectivity index (χ1v) is 11.1. The molecule has 5 nitrogen and oxygen atoms in total. The van der Waals surface area contributed by atoms with Crippen LogP contribution in [0, 0.1) is 22.7 Å². The maximum absolute atomic E-state index is 12.0. The van der Waals surface area contributed by atoms with Crippen LogP contribution in [0.25, 0.3) is 0 Å². The molecule has 0 bridgehead atoms. The maximum atomic E-state index is 12.0. The first-order valence-electron chi connectivity index (χ1n) is 8.19. The Morgan fingerprint density at radius 2 is 1.62 bits per heavy atom. The second-order valence-electron chi connectivity index (χ2n) is 8.06. The van der Waals surface area contributed by atoms with Crippen LogP contribution in [-0.4, -0.2) is 41.1 Å². The molecular weight excluding hydrogens is 324 g/mol. The van der Waals surface area contributed by atoms with E-state index in [2.05, 4.69) is 45.7 Å². The summed E-state index contributed by atoms with van der Waals surface area (Å²) in [6.07, 6.45) is 0.899. The quantitative estimate of drug-likeness (QED) is 0.249. The molecule has 1 atom stereocenters. The van der Waals surface area contributed by atoms with E-state index in [1.165, 1.54) is 14.2 Å². The van der Waals surface area contributed by atoms with E-state index >= 15 is 0 Å². The van der Waals surface area contributed by atoms with Gasteiger partial charge in [0.05, 0.1) is 19.6 Å². The van der Waals surface area contributed by atoms with Crippen LogP contribution >= 0.6 is 0 Å². The number of carbonyl (C=O) groups is 2. The molecule has 0 aromatic rings. The van der Waals surface area contributed by atoms with Crippen LogP contribution in [0.5, 0.6) is 0 Å². The van der Waals surface area contributed by atoms with Crippen molar-refractivity contribution in [3.8, 4) is 11.8 Å².